The van der Waals surface area contributed by atoms with Crippen molar-refractivity contribution in [1.82, 2.24) is 10.2 Å². The second kappa shape index (κ2) is 6.10. The van der Waals surface area contributed by atoms with Crippen LogP contribution >= 0.6 is 12.2 Å². The van der Waals surface area contributed by atoms with Gasteiger partial charge in [-0.2, -0.15) is 0 Å². The van der Waals surface area contributed by atoms with Crippen LogP contribution in [0.5, 0.6) is 11.5 Å². The third kappa shape index (κ3) is 3.15. The number of amides is 1. The van der Waals surface area contributed by atoms with Gasteiger partial charge < -0.3 is 19.1 Å². The summed E-state index contributed by atoms with van der Waals surface area (Å²) in [4.78, 5) is 14.3. The minimum Gasteiger partial charge on any atom is -0.454 e. The van der Waals surface area contributed by atoms with Crippen molar-refractivity contribution in [3.63, 3.8) is 0 Å². The highest BCUT2D eigenvalue weighted by Gasteiger charge is 2.25. The predicted octanol–water partition coefficient (Wildman–Crippen LogP) is 1.54. The SMILES string of the molecule is CC1CN(C(=S)NC(=O)c2ccc3c(c2)OCO3)CC(C)O1. The Morgan fingerprint density at radius 1 is 1.23 bits per heavy atom. The topological polar surface area (TPSA) is 60.0 Å². The van der Waals surface area contributed by atoms with Crippen molar-refractivity contribution in [2.75, 3.05) is 19.9 Å². The van der Waals surface area contributed by atoms with E-state index >= 15 is 0 Å². The number of hydrogen-bond donors (Lipinski definition) is 1. The van der Waals surface area contributed by atoms with E-state index in [1.54, 1.807) is 18.2 Å². The van der Waals surface area contributed by atoms with Gasteiger partial charge in [-0.3, -0.25) is 10.1 Å². The maximum Gasteiger partial charge on any atom is 0.257 e. The van der Waals surface area contributed by atoms with Crippen molar-refractivity contribution in [3.05, 3.63) is 23.8 Å². The van der Waals surface area contributed by atoms with Crippen molar-refractivity contribution in [2.24, 2.45) is 0 Å². The number of benzene rings is 1. The molecule has 6 nitrogen and oxygen atoms in total. The first-order chi connectivity index (χ1) is 10.5. The standard InChI is InChI=1S/C15H18N2O4S/c1-9-6-17(7-10(2)21-9)15(22)16-14(18)11-3-4-12-13(5-11)20-8-19-12/h3-5,9-10H,6-8H2,1-2H3,(H,16,18,22). The molecule has 1 amide bonds. The van der Waals surface area contributed by atoms with Gasteiger partial charge >= 0.3 is 0 Å². The quantitative estimate of drug-likeness (QED) is 0.792. The second-order valence-corrected chi connectivity index (χ2v) is 5.88. The largest absolute Gasteiger partial charge is 0.454 e. The lowest BCUT2D eigenvalue weighted by atomic mass is 10.2. The summed E-state index contributed by atoms with van der Waals surface area (Å²) in [7, 11) is 0. The molecule has 2 heterocycles. The highest BCUT2D eigenvalue weighted by molar-refractivity contribution is 7.80. The van der Waals surface area contributed by atoms with Crippen LogP contribution in [-0.4, -0.2) is 48.0 Å². The van der Waals surface area contributed by atoms with Crippen molar-refractivity contribution in [3.8, 4) is 11.5 Å². The molecule has 0 aliphatic carbocycles. The summed E-state index contributed by atoms with van der Waals surface area (Å²) >= 11 is 5.34. The summed E-state index contributed by atoms with van der Waals surface area (Å²) in [5.41, 5.74) is 0.487. The molecule has 0 radical (unpaired) electrons. The summed E-state index contributed by atoms with van der Waals surface area (Å²) < 4.78 is 16.2. The number of rotatable bonds is 1. The van der Waals surface area contributed by atoms with Gasteiger partial charge in [0.05, 0.1) is 12.2 Å². The molecule has 2 unspecified atom stereocenters. The van der Waals surface area contributed by atoms with Crippen LogP contribution in [0.25, 0.3) is 0 Å². The Bertz CT molecular complexity index is 597. The van der Waals surface area contributed by atoms with Gasteiger partial charge in [-0.25, -0.2) is 0 Å². The van der Waals surface area contributed by atoms with E-state index in [4.69, 9.17) is 26.4 Å². The lowest BCUT2D eigenvalue weighted by Crippen LogP contribution is -2.52. The molecular weight excluding hydrogens is 304 g/mol. The normalized spacial score (nSPS) is 23.3. The van der Waals surface area contributed by atoms with Crippen LogP contribution in [0, 0.1) is 0 Å². The van der Waals surface area contributed by atoms with E-state index < -0.39 is 0 Å². The van der Waals surface area contributed by atoms with E-state index in [1.807, 2.05) is 18.7 Å². The number of nitrogens with one attached hydrogen (secondary N) is 1. The number of ether oxygens (including phenoxy) is 3. The minimum atomic E-state index is -0.255. The zero-order valence-corrected chi connectivity index (χ0v) is 13.3. The predicted molar refractivity (Wildman–Crippen MR) is 84.2 cm³/mol. The summed E-state index contributed by atoms with van der Waals surface area (Å²) in [5, 5.41) is 3.19. The fourth-order valence-electron chi connectivity index (χ4n) is 2.63. The summed E-state index contributed by atoms with van der Waals surface area (Å²) in [6, 6.07) is 5.07. The maximum atomic E-state index is 12.3. The smallest absolute Gasteiger partial charge is 0.257 e. The van der Waals surface area contributed by atoms with Crippen molar-refractivity contribution in [1.29, 1.82) is 0 Å². The first-order valence-corrected chi connectivity index (χ1v) is 7.59. The Balaban J connectivity index is 1.65. The number of carbonyl (C=O) groups excluding carboxylic acids is 1. The molecule has 2 atom stereocenters. The first-order valence-electron chi connectivity index (χ1n) is 7.18. The molecule has 2 aliphatic heterocycles. The molecule has 118 valence electrons. The monoisotopic (exact) mass is 322 g/mol. The highest BCUT2D eigenvalue weighted by Crippen LogP contribution is 2.32. The molecule has 1 saturated heterocycles. The van der Waals surface area contributed by atoms with Crippen LogP contribution in [0.2, 0.25) is 0 Å². The van der Waals surface area contributed by atoms with Crippen LogP contribution in [0.4, 0.5) is 0 Å². The lowest BCUT2D eigenvalue weighted by molar-refractivity contribution is -0.0481. The van der Waals surface area contributed by atoms with E-state index in [-0.39, 0.29) is 24.9 Å². The van der Waals surface area contributed by atoms with Crippen molar-refractivity contribution in [2.45, 2.75) is 26.1 Å². The van der Waals surface area contributed by atoms with Gasteiger partial charge in [-0.15, -0.1) is 0 Å². The van der Waals surface area contributed by atoms with Crippen LogP contribution in [0.15, 0.2) is 18.2 Å². The average Bonchev–Trinajstić information content (AvgIpc) is 2.93. The number of morpholine rings is 1. The van der Waals surface area contributed by atoms with Gasteiger partial charge in [-0.05, 0) is 44.3 Å². The summed E-state index contributed by atoms with van der Waals surface area (Å²) in [6.07, 6.45) is 0.174. The van der Waals surface area contributed by atoms with E-state index in [2.05, 4.69) is 5.32 Å². The molecule has 1 N–H and O–H groups in total. The van der Waals surface area contributed by atoms with Crippen LogP contribution in [0.3, 0.4) is 0 Å². The van der Waals surface area contributed by atoms with E-state index in [0.29, 0.717) is 35.3 Å². The van der Waals surface area contributed by atoms with Crippen LogP contribution in [0.1, 0.15) is 24.2 Å². The molecule has 22 heavy (non-hydrogen) atoms. The second-order valence-electron chi connectivity index (χ2n) is 5.49. The minimum absolute atomic E-state index is 0.0872. The van der Waals surface area contributed by atoms with Crippen LogP contribution in [-0.2, 0) is 4.74 Å². The average molecular weight is 322 g/mol. The van der Waals surface area contributed by atoms with Crippen molar-refractivity contribution < 1.29 is 19.0 Å². The van der Waals surface area contributed by atoms with Gasteiger partial charge in [0, 0.05) is 18.7 Å². The molecule has 1 fully saturated rings. The van der Waals surface area contributed by atoms with E-state index in [9.17, 15) is 4.79 Å². The Labute approximate surface area is 134 Å². The third-order valence-electron chi connectivity index (χ3n) is 3.56. The molecular formula is C15H18N2O4S. The number of thiocarbonyl (C=S) groups is 1. The third-order valence-corrected chi connectivity index (χ3v) is 3.92. The van der Waals surface area contributed by atoms with Gasteiger partial charge in [0.1, 0.15) is 0 Å². The molecule has 7 heteroatoms. The zero-order valence-electron chi connectivity index (χ0n) is 12.5. The zero-order chi connectivity index (χ0) is 15.7. The Hall–Kier alpha value is -1.86. The Kier molecular flexibility index (Phi) is 4.17. The van der Waals surface area contributed by atoms with Gasteiger partial charge in [0.15, 0.2) is 16.6 Å². The Morgan fingerprint density at radius 3 is 2.64 bits per heavy atom. The van der Waals surface area contributed by atoms with E-state index in [1.165, 1.54) is 0 Å². The fourth-order valence-corrected chi connectivity index (χ4v) is 2.87. The molecule has 0 aromatic heterocycles. The highest BCUT2D eigenvalue weighted by atomic mass is 32.1. The van der Waals surface area contributed by atoms with Crippen molar-refractivity contribution >= 4 is 23.2 Å². The molecule has 2 aliphatic rings. The molecule has 0 saturated carbocycles. The Morgan fingerprint density at radius 2 is 1.91 bits per heavy atom. The summed E-state index contributed by atoms with van der Waals surface area (Å²) in [6.45, 7) is 5.51. The number of fused-ring (bicyclic) bond motifs is 1. The molecule has 0 spiro atoms. The fraction of sp³-hybridized carbons (Fsp3) is 0.467. The maximum absolute atomic E-state index is 12.3. The van der Waals surface area contributed by atoms with Gasteiger partial charge in [-0.1, -0.05) is 0 Å². The summed E-state index contributed by atoms with van der Waals surface area (Å²) in [5.74, 6) is 0.970. The number of nitrogens with zero attached hydrogens (tertiary/aromatic N) is 1. The number of hydrogen-bond acceptors (Lipinski definition) is 5. The van der Waals surface area contributed by atoms with E-state index in [0.717, 1.165) is 0 Å². The number of carbonyl (C=O) groups is 1. The molecule has 1 aromatic carbocycles. The van der Waals surface area contributed by atoms with Crippen LogP contribution < -0.4 is 14.8 Å². The molecule has 3 rings (SSSR count). The first kappa shape index (κ1) is 15.1. The van der Waals surface area contributed by atoms with Gasteiger partial charge in [0.25, 0.3) is 5.91 Å². The lowest BCUT2D eigenvalue weighted by Gasteiger charge is -2.36. The van der Waals surface area contributed by atoms with Gasteiger partial charge in [0.2, 0.25) is 6.79 Å². The molecule has 1 aromatic rings. The molecule has 0 bridgehead atoms.